The van der Waals surface area contributed by atoms with Crippen molar-refractivity contribution in [2.24, 2.45) is 0 Å². The minimum absolute atomic E-state index is 0.0774. The van der Waals surface area contributed by atoms with E-state index in [0.717, 1.165) is 0 Å². The summed E-state index contributed by atoms with van der Waals surface area (Å²) in [5, 5.41) is 7.83. The molecule has 1 aliphatic heterocycles. The van der Waals surface area contributed by atoms with Crippen LogP contribution in [0.5, 0.6) is 0 Å². The molecule has 1 aliphatic rings. The van der Waals surface area contributed by atoms with Gasteiger partial charge in [0, 0.05) is 43.5 Å². The number of carbonyl (C=O) groups is 3. The van der Waals surface area contributed by atoms with Gasteiger partial charge >= 0.3 is 0 Å². The predicted molar refractivity (Wildman–Crippen MR) is 135 cm³/mol. The van der Waals surface area contributed by atoms with Crippen molar-refractivity contribution in [1.29, 1.82) is 0 Å². The number of ketones is 1. The minimum atomic E-state index is -0.647. The van der Waals surface area contributed by atoms with Crippen LogP contribution in [-0.2, 0) is 11.2 Å². The molecule has 1 fully saturated rings. The van der Waals surface area contributed by atoms with Crippen molar-refractivity contribution in [2.45, 2.75) is 6.42 Å². The SMILES string of the molecule is O=C(C(=O)N1CCN(C(=O)c2cc(Cc3n[nH]c(=O)c4ccccc34)ccc2F)CC1)c1ccccc1. The van der Waals surface area contributed by atoms with Crippen LogP contribution in [0, 0.1) is 5.82 Å². The van der Waals surface area contributed by atoms with Crippen molar-refractivity contribution >= 4 is 28.4 Å². The molecule has 5 rings (SSSR count). The molecular formula is C28H23FN4O4. The first-order valence-corrected chi connectivity index (χ1v) is 11.8. The van der Waals surface area contributed by atoms with Crippen LogP contribution in [0.25, 0.3) is 10.8 Å². The fourth-order valence-corrected chi connectivity index (χ4v) is 4.49. The van der Waals surface area contributed by atoms with Crippen LogP contribution in [0.15, 0.2) is 77.6 Å². The Morgan fingerprint density at radius 1 is 0.838 bits per heavy atom. The van der Waals surface area contributed by atoms with Gasteiger partial charge in [-0.05, 0) is 23.8 Å². The molecule has 3 aromatic carbocycles. The van der Waals surface area contributed by atoms with Crippen molar-refractivity contribution in [1.82, 2.24) is 20.0 Å². The van der Waals surface area contributed by atoms with Crippen LogP contribution in [0.1, 0.15) is 32.0 Å². The number of aromatic nitrogens is 2. The number of piperazine rings is 1. The van der Waals surface area contributed by atoms with Gasteiger partial charge in [0.25, 0.3) is 17.4 Å². The summed E-state index contributed by atoms with van der Waals surface area (Å²) in [6, 6.07) is 19.7. The first kappa shape index (κ1) is 24.1. The second-order valence-corrected chi connectivity index (χ2v) is 8.82. The number of benzene rings is 3. The van der Waals surface area contributed by atoms with E-state index in [1.54, 1.807) is 54.6 Å². The van der Waals surface area contributed by atoms with Crippen molar-refractivity contribution < 1.29 is 18.8 Å². The molecule has 4 aromatic rings. The van der Waals surface area contributed by atoms with Crippen molar-refractivity contribution in [3.05, 3.63) is 111 Å². The molecule has 37 heavy (non-hydrogen) atoms. The van der Waals surface area contributed by atoms with Gasteiger partial charge in [-0.25, -0.2) is 9.49 Å². The fraction of sp³-hybridized carbons (Fsp3) is 0.179. The lowest BCUT2D eigenvalue weighted by atomic mass is 10.0. The van der Waals surface area contributed by atoms with E-state index in [9.17, 15) is 23.6 Å². The number of hydrogen-bond acceptors (Lipinski definition) is 5. The van der Waals surface area contributed by atoms with E-state index in [4.69, 9.17) is 0 Å². The molecule has 2 heterocycles. The van der Waals surface area contributed by atoms with E-state index in [2.05, 4.69) is 10.2 Å². The second-order valence-electron chi connectivity index (χ2n) is 8.82. The summed E-state index contributed by atoms with van der Waals surface area (Å²) in [6.45, 7) is 0.723. The first-order valence-electron chi connectivity index (χ1n) is 11.8. The average Bonchev–Trinajstić information content (AvgIpc) is 2.95. The summed E-state index contributed by atoms with van der Waals surface area (Å²) in [5.41, 5.74) is 1.21. The Balaban J connectivity index is 1.29. The number of hydrogen-bond donors (Lipinski definition) is 1. The molecule has 1 N–H and O–H groups in total. The number of H-pyrrole nitrogens is 1. The number of aromatic amines is 1. The van der Waals surface area contributed by atoms with E-state index in [-0.39, 0.29) is 37.3 Å². The maximum absolute atomic E-state index is 14.7. The molecule has 9 heteroatoms. The van der Waals surface area contributed by atoms with Crippen molar-refractivity contribution in [3.63, 3.8) is 0 Å². The summed E-state index contributed by atoms with van der Waals surface area (Å²) in [4.78, 5) is 53.2. The number of nitrogens with zero attached hydrogens (tertiary/aromatic N) is 3. The monoisotopic (exact) mass is 498 g/mol. The van der Waals surface area contributed by atoms with Crippen LogP contribution in [-0.4, -0.2) is 63.8 Å². The average molecular weight is 499 g/mol. The summed E-state index contributed by atoms with van der Waals surface area (Å²) in [6.07, 6.45) is 0.293. The smallest absolute Gasteiger partial charge is 0.295 e. The highest BCUT2D eigenvalue weighted by Gasteiger charge is 2.29. The second kappa shape index (κ2) is 10.1. The standard InChI is InChI=1S/C28H23FN4O4/c29-23-11-10-18(17-24-20-8-4-5-9-21(20)26(35)31-30-24)16-22(23)27(36)32-12-14-33(15-13-32)28(37)25(34)19-6-2-1-3-7-19/h1-11,16H,12-15,17H2,(H,31,35). The van der Waals surface area contributed by atoms with E-state index < -0.39 is 23.4 Å². The third kappa shape index (κ3) is 4.88. The number of nitrogens with one attached hydrogen (secondary N) is 1. The van der Waals surface area contributed by atoms with Crippen LogP contribution in [0.3, 0.4) is 0 Å². The first-order chi connectivity index (χ1) is 17.9. The number of halogens is 1. The largest absolute Gasteiger partial charge is 0.335 e. The summed E-state index contributed by atoms with van der Waals surface area (Å²) in [5.74, 6) is -2.35. The Bertz CT molecular complexity index is 1560. The normalized spacial score (nSPS) is 13.5. The highest BCUT2D eigenvalue weighted by atomic mass is 19.1. The Morgan fingerprint density at radius 2 is 1.49 bits per heavy atom. The molecule has 0 atom stereocenters. The quantitative estimate of drug-likeness (QED) is 0.337. The number of carbonyl (C=O) groups excluding carboxylic acids is 3. The Kier molecular flexibility index (Phi) is 6.59. The topological polar surface area (TPSA) is 103 Å². The van der Waals surface area contributed by atoms with Crippen LogP contribution in [0.2, 0.25) is 0 Å². The molecule has 0 spiro atoms. The lowest BCUT2D eigenvalue weighted by molar-refractivity contribution is -0.127. The van der Waals surface area contributed by atoms with Gasteiger partial charge in [-0.15, -0.1) is 0 Å². The van der Waals surface area contributed by atoms with E-state index in [1.807, 2.05) is 6.07 Å². The van der Waals surface area contributed by atoms with Crippen molar-refractivity contribution in [3.8, 4) is 0 Å². The maximum Gasteiger partial charge on any atom is 0.295 e. The lowest BCUT2D eigenvalue weighted by Crippen LogP contribution is -2.52. The van der Waals surface area contributed by atoms with Gasteiger partial charge in [0.05, 0.1) is 16.6 Å². The van der Waals surface area contributed by atoms with Gasteiger partial charge in [-0.1, -0.05) is 54.6 Å². The molecule has 0 radical (unpaired) electrons. The third-order valence-corrected chi connectivity index (χ3v) is 6.49. The molecule has 0 bridgehead atoms. The zero-order valence-electron chi connectivity index (χ0n) is 19.8. The minimum Gasteiger partial charge on any atom is -0.335 e. The molecule has 0 unspecified atom stereocenters. The van der Waals surface area contributed by atoms with Gasteiger partial charge in [0.15, 0.2) is 0 Å². The summed E-state index contributed by atoms with van der Waals surface area (Å²) < 4.78 is 14.7. The highest BCUT2D eigenvalue weighted by molar-refractivity contribution is 6.42. The zero-order chi connectivity index (χ0) is 25.9. The van der Waals surface area contributed by atoms with Gasteiger partial charge in [0.1, 0.15) is 5.82 Å². The predicted octanol–water partition coefficient (Wildman–Crippen LogP) is 2.82. The van der Waals surface area contributed by atoms with Crippen LogP contribution >= 0.6 is 0 Å². The lowest BCUT2D eigenvalue weighted by Gasteiger charge is -2.34. The van der Waals surface area contributed by atoms with E-state index >= 15 is 0 Å². The number of amides is 2. The summed E-state index contributed by atoms with van der Waals surface area (Å²) in [7, 11) is 0. The highest BCUT2D eigenvalue weighted by Crippen LogP contribution is 2.20. The Labute approximate surface area is 211 Å². The molecule has 0 aliphatic carbocycles. The van der Waals surface area contributed by atoms with E-state index in [0.29, 0.717) is 34.0 Å². The summed E-state index contributed by atoms with van der Waals surface area (Å²) >= 11 is 0. The molecule has 0 saturated carbocycles. The van der Waals surface area contributed by atoms with Crippen molar-refractivity contribution in [2.75, 3.05) is 26.2 Å². The molecular weight excluding hydrogens is 475 g/mol. The number of Topliss-reactive ketones (excluding diaryl/α,β-unsaturated/α-hetero) is 1. The Hall–Kier alpha value is -4.66. The van der Waals surface area contributed by atoms with E-state index in [1.165, 1.54) is 21.9 Å². The molecule has 1 aromatic heterocycles. The molecule has 2 amide bonds. The Morgan fingerprint density at radius 3 is 2.22 bits per heavy atom. The van der Waals surface area contributed by atoms with Crippen LogP contribution < -0.4 is 5.56 Å². The molecule has 8 nitrogen and oxygen atoms in total. The molecule has 186 valence electrons. The van der Waals surface area contributed by atoms with Gasteiger partial charge in [-0.3, -0.25) is 19.2 Å². The van der Waals surface area contributed by atoms with Crippen LogP contribution in [0.4, 0.5) is 4.39 Å². The van der Waals surface area contributed by atoms with Gasteiger partial charge < -0.3 is 9.80 Å². The number of rotatable bonds is 5. The zero-order valence-corrected chi connectivity index (χ0v) is 19.8. The maximum atomic E-state index is 14.7. The van der Waals surface area contributed by atoms with Gasteiger partial charge in [-0.2, -0.15) is 5.10 Å². The third-order valence-electron chi connectivity index (χ3n) is 6.49. The number of fused-ring (bicyclic) bond motifs is 1. The fourth-order valence-electron chi connectivity index (χ4n) is 4.49. The van der Waals surface area contributed by atoms with Gasteiger partial charge in [0.2, 0.25) is 5.78 Å². The molecule has 1 saturated heterocycles.